The van der Waals surface area contributed by atoms with E-state index in [0.29, 0.717) is 11.1 Å². The fraction of sp³-hybridized carbons (Fsp3) is 0.158. The average Bonchev–Trinajstić information content (AvgIpc) is 3.10. The van der Waals surface area contributed by atoms with Crippen LogP contribution in [0.5, 0.6) is 0 Å². The summed E-state index contributed by atoms with van der Waals surface area (Å²) >= 11 is 0. The molecule has 7 heteroatoms. The summed E-state index contributed by atoms with van der Waals surface area (Å²) in [4.78, 5) is 24.1. The van der Waals surface area contributed by atoms with E-state index in [1.807, 2.05) is 38.1 Å². The third-order valence-corrected chi connectivity index (χ3v) is 3.86. The second-order valence-corrected chi connectivity index (χ2v) is 5.99. The van der Waals surface area contributed by atoms with Gasteiger partial charge in [0, 0.05) is 11.1 Å². The lowest BCUT2D eigenvalue weighted by molar-refractivity contribution is -0.120. The summed E-state index contributed by atoms with van der Waals surface area (Å²) in [6.45, 7) is 3.88. The van der Waals surface area contributed by atoms with Crippen molar-refractivity contribution in [3.63, 3.8) is 0 Å². The molecule has 3 rings (SSSR count). The fourth-order valence-electron chi connectivity index (χ4n) is 2.34. The molecule has 1 unspecified atom stereocenters. The highest BCUT2D eigenvalue weighted by molar-refractivity contribution is 5.97. The van der Waals surface area contributed by atoms with Crippen LogP contribution < -0.4 is 11.1 Å². The topological polar surface area (TPSA) is 111 Å². The van der Waals surface area contributed by atoms with Gasteiger partial charge in [0.25, 0.3) is 5.91 Å². The number of nitrogens with one attached hydrogen (secondary N) is 1. The number of hydrogen-bond donors (Lipinski definition) is 2. The first-order valence-electron chi connectivity index (χ1n) is 8.01. The Morgan fingerprint density at radius 3 is 2.12 bits per heavy atom. The second kappa shape index (κ2) is 7.18. The fourth-order valence-corrected chi connectivity index (χ4v) is 2.34. The molecular formula is C19H18N4O3. The van der Waals surface area contributed by atoms with Crippen molar-refractivity contribution in [1.82, 2.24) is 15.5 Å². The third kappa shape index (κ3) is 3.77. The molecule has 0 aliphatic heterocycles. The maximum absolute atomic E-state index is 12.3. The van der Waals surface area contributed by atoms with E-state index in [0.717, 1.165) is 11.1 Å². The van der Waals surface area contributed by atoms with Crippen LogP contribution in [0.15, 0.2) is 52.9 Å². The zero-order valence-corrected chi connectivity index (χ0v) is 14.4. The number of nitrogens with zero attached hydrogens (tertiary/aromatic N) is 2. The molecular weight excluding hydrogens is 332 g/mol. The lowest BCUT2D eigenvalue weighted by Crippen LogP contribution is -2.37. The van der Waals surface area contributed by atoms with Crippen LogP contribution in [-0.2, 0) is 4.79 Å². The van der Waals surface area contributed by atoms with E-state index in [-0.39, 0.29) is 11.8 Å². The summed E-state index contributed by atoms with van der Waals surface area (Å²) in [7, 11) is 0. The molecule has 26 heavy (non-hydrogen) atoms. The molecule has 2 aromatic carbocycles. The van der Waals surface area contributed by atoms with Gasteiger partial charge in [-0.2, -0.15) is 0 Å². The molecule has 1 aromatic heterocycles. The van der Waals surface area contributed by atoms with Crippen molar-refractivity contribution in [2.45, 2.75) is 19.9 Å². The Bertz CT molecular complexity index is 930. The Labute approximate surface area is 150 Å². The summed E-state index contributed by atoms with van der Waals surface area (Å²) in [5.41, 5.74) is 8.63. The number of aryl methyl sites for hydroxylation is 2. The molecule has 0 radical (unpaired) electrons. The smallest absolute Gasteiger partial charge is 0.252 e. The van der Waals surface area contributed by atoms with Crippen molar-refractivity contribution in [1.29, 1.82) is 0 Å². The van der Waals surface area contributed by atoms with Crippen molar-refractivity contribution in [3.05, 3.63) is 71.1 Å². The SMILES string of the molecule is Cc1ccc(C(=O)NC(C(N)=O)c2nnc(-c3ccc(C)cc3)o2)cc1. The monoisotopic (exact) mass is 350 g/mol. The maximum Gasteiger partial charge on any atom is 0.252 e. The lowest BCUT2D eigenvalue weighted by Gasteiger charge is -2.11. The van der Waals surface area contributed by atoms with Crippen molar-refractivity contribution in [2.24, 2.45) is 5.73 Å². The number of carbonyl (C=O) groups is 2. The van der Waals surface area contributed by atoms with Gasteiger partial charge in [-0.1, -0.05) is 35.4 Å². The number of rotatable bonds is 5. The molecule has 0 spiro atoms. The molecule has 0 bridgehead atoms. The molecule has 0 aliphatic rings. The van der Waals surface area contributed by atoms with E-state index in [2.05, 4.69) is 15.5 Å². The first kappa shape index (κ1) is 17.3. The quantitative estimate of drug-likeness (QED) is 0.733. The predicted octanol–water partition coefficient (Wildman–Crippen LogP) is 2.31. The summed E-state index contributed by atoms with van der Waals surface area (Å²) < 4.78 is 5.55. The molecule has 1 heterocycles. The molecule has 132 valence electrons. The number of hydrogen-bond acceptors (Lipinski definition) is 5. The van der Waals surface area contributed by atoms with Gasteiger partial charge < -0.3 is 15.5 Å². The molecule has 3 aromatic rings. The largest absolute Gasteiger partial charge is 0.418 e. The molecule has 3 N–H and O–H groups in total. The molecule has 0 fully saturated rings. The van der Waals surface area contributed by atoms with Gasteiger partial charge >= 0.3 is 0 Å². The maximum atomic E-state index is 12.3. The van der Waals surface area contributed by atoms with E-state index in [4.69, 9.17) is 10.2 Å². The number of aromatic nitrogens is 2. The Balaban J connectivity index is 1.82. The van der Waals surface area contributed by atoms with Gasteiger partial charge in [0.15, 0.2) is 6.04 Å². The first-order chi connectivity index (χ1) is 12.4. The van der Waals surface area contributed by atoms with E-state index in [9.17, 15) is 9.59 Å². The number of carbonyl (C=O) groups excluding carboxylic acids is 2. The van der Waals surface area contributed by atoms with Crippen LogP contribution in [0.4, 0.5) is 0 Å². The van der Waals surface area contributed by atoms with Gasteiger partial charge in [-0.3, -0.25) is 9.59 Å². The van der Waals surface area contributed by atoms with Gasteiger partial charge in [0.1, 0.15) is 0 Å². The summed E-state index contributed by atoms with van der Waals surface area (Å²) in [6.07, 6.45) is 0. The van der Waals surface area contributed by atoms with Crippen LogP contribution in [0.1, 0.15) is 33.4 Å². The average molecular weight is 350 g/mol. The van der Waals surface area contributed by atoms with Gasteiger partial charge in [-0.25, -0.2) is 0 Å². The van der Waals surface area contributed by atoms with Crippen LogP contribution in [0.2, 0.25) is 0 Å². The van der Waals surface area contributed by atoms with E-state index < -0.39 is 17.9 Å². The van der Waals surface area contributed by atoms with Gasteiger partial charge in [-0.15, -0.1) is 10.2 Å². The Morgan fingerprint density at radius 1 is 0.962 bits per heavy atom. The Hall–Kier alpha value is -3.48. The van der Waals surface area contributed by atoms with Crippen LogP contribution in [-0.4, -0.2) is 22.0 Å². The van der Waals surface area contributed by atoms with E-state index in [1.165, 1.54) is 0 Å². The molecule has 2 amide bonds. The molecule has 0 saturated carbocycles. The highest BCUT2D eigenvalue weighted by atomic mass is 16.4. The molecule has 7 nitrogen and oxygen atoms in total. The highest BCUT2D eigenvalue weighted by Crippen LogP contribution is 2.21. The number of nitrogens with two attached hydrogens (primary N) is 1. The number of amides is 2. The Kier molecular flexibility index (Phi) is 4.79. The minimum atomic E-state index is -1.21. The summed E-state index contributed by atoms with van der Waals surface area (Å²) in [6, 6.07) is 13.2. The minimum absolute atomic E-state index is 0.0615. The van der Waals surface area contributed by atoms with E-state index in [1.54, 1.807) is 24.3 Å². The first-order valence-corrected chi connectivity index (χ1v) is 8.01. The second-order valence-electron chi connectivity index (χ2n) is 5.99. The van der Waals surface area contributed by atoms with Gasteiger partial charge in [0.2, 0.25) is 17.7 Å². The molecule has 0 saturated heterocycles. The van der Waals surface area contributed by atoms with Crippen molar-refractivity contribution < 1.29 is 14.0 Å². The summed E-state index contributed by atoms with van der Waals surface area (Å²) in [5, 5.41) is 10.3. The zero-order chi connectivity index (χ0) is 18.7. The predicted molar refractivity (Wildman–Crippen MR) is 95.1 cm³/mol. The minimum Gasteiger partial charge on any atom is -0.418 e. The zero-order valence-electron chi connectivity index (χ0n) is 14.4. The number of primary amides is 1. The standard InChI is InChI=1S/C19H18N4O3/c1-11-3-7-13(8-4-11)17(25)21-15(16(20)24)19-23-22-18(26-19)14-9-5-12(2)6-10-14/h3-10,15H,1-2H3,(H2,20,24)(H,21,25). The Morgan fingerprint density at radius 2 is 1.54 bits per heavy atom. The van der Waals surface area contributed by atoms with Gasteiger partial charge in [-0.05, 0) is 38.1 Å². The van der Waals surface area contributed by atoms with Gasteiger partial charge in [0.05, 0.1) is 0 Å². The molecule has 1 atom stereocenters. The van der Waals surface area contributed by atoms with Crippen molar-refractivity contribution in [3.8, 4) is 11.5 Å². The van der Waals surface area contributed by atoms with Crippen LogP contribution in [0.25, 0.3) is 11.5 Å². The molecule has 0 aliphatic carbocycles. The third-order valence-electron chi connectivity index (χ3n) is 3.86. The van der Waals surface area contributed by atoms with E-state index >= 15 is 0 Å². The summed E-state index contributed by atoms with van der Waals surface area (Å²) in [5.74, 6) is -1.06. The van der Waals surface area contributed by atoms with Crippen molar-refractivity contribution >= 4 is 11.8 Å². The van der Waals surface area contributed by atoms with Crippen LogP contribution >= 0.6 is 0 Å². The normalized spacial score (nSPS) is 11.8. The lowest BCUT2D eigenvalue weighted by atomic mass is 10.1. The van der Waals surface area contributed by atoms with Crippen LogP contribution in [0, 0.1) is 13.8 Å². The van der Waals surface area contributed by atoms with Crippen molar-refractivity contribution in [2.75, 3.05) is 0 Å². The van der Waals surface area contributed by atoms with Crippen LogP contribution in [0.3, 0.4) is 0 Å². The number of benzene rings is 2. The highest BCUT2D eigenvalue weighted by Gasteiger charge is 2.27.